The molecule has 3 aromatic rings. The molecule has 0 aliphatic carbocycles. The Morgan fingerprint density at radius 1 is 0.879 bits per heavy atom. The van der Waals surface area contributed by atoms with Gasteiger partial charge in [0.25, 0.3) is 5.91 Å². The molecule has 0 unspecified atom stereocenters. The van der Waals surface area contributed by atoms with E-state index in [0.29, 0.717) is 18.8 Å². The van der Waals surface area contributed by atoms with E-state index in [-0.39, 0.29) is 5.91 Å². The number of carbonyl (C=O) groups excluding carboxylic acids is 1. The minimum atomic E-state index is 0.00119. The molecule has 5 rings (SSSR count). The highest BCUT2D eigenvalue weighted by Gasteiger charge is 2.23. The zero-order valence-electron chi connectivity index (χ0n) is 18.6. The lowest BCUT2D eigenvalue weighted by molar-refractivity contribution is -0.127. The molecule has 0 atom stereocenters. The van der Waals surface area contributed by atoms with Gasteiger partial charge in [-0.3, -0.25) is 9.69 Å². The number of amides is 1. The van der Waals surface area contributed by atoms with E-state index < -0.39 is 0 Å². The van der Waals surface area contributed by atoms with E-state index in [1.165, 1.54) is 30.2 Å². The maximum absolute atomic E-state index is 12.9. The van der Waals surface area contributed by atoms with Gasteiger partial charge in [-0.1, -0.05) is 72.4 Å². The van der Waals surface area contributed by atoms with Crippen molar-refractivity contribution in [2.24, 2.45) is 5.10 Å². The zero-order chi connectivity index (χ0) is 22.5. The minimum Gasteiger partial charge on any atom is -0.300 e. The fourth-order valence-electron chi connectivity index (χ4n) is 4.28. The summed E-state index contributed by atoms with van der Waals surface area (Å²) in [5.41, 5.74) is 3.24. The second kappa shape index (κ2) is 10.3. The lowest BCUT2D eigenvalue weighted by atomic mass is 10.1. The molecule has 2 aliphatic rings. The Hall–Kier alpha value is -2.97. The van der Waals surface area contributed by atoms with Crippen LogP contribution in [0.2, 0.25) is 0 Å². The van der Waals surface area contributed by atoms with E-state index in [2.05, 4.69) is 36.9 Å². The zero-order valence-corrected chi connectivity index (χ0v) is 19.5. The van der Waals surface area contributed by atoms with Gasteiger partial charge in [0.2, 0.25) is 0 Å². The molecule has 0 bridgehead atoms. The number of hydrazone groups is 1. The molecule has 3 heterocycles. The van der Waals surface area contributed by atoms with Crippen molar-refractivity contribution in [3.05, 3.63) is 77.6 Å². The molecule has 0 N–H and O–H groups in total. The van der Waals surface area contributed by atoms with Gasteiger partial charge in [0.15, 0.2) is 5.16 Å². The Balaban J connectivity index is 1.28. The molecule has 1 aromatic heterocycles. The first kappa shape index (κ1) is 21.9. The first-order valence-electron chi connectivity index (χ1n) is 11.5. The topological polar surface area (TPSA) is 66.6 Å². The minimum absolute atomic E-state index is 0.00119. The molecule has 0 saturated carbocycles. The molecular formula is C25H28N6OS. The lowest BCUT2D eigenvalue weighted by Crippen LogP contribution is -2.25. The van der Waals surface area contributed by atoms with E-state index in [0.717, 1.165) is 48.3 Å². The first-order valence-corrected chi connectivity index (χ1v) is 12.5. The van der Waals surface area contributed by atoms with Gasteiger partial charge in [-0.15, -0.1) is 10.2 Å². The standard InChI is InChI=1S/C25H28N6OS/c32-24(31-16-13-22(28-31)21-11-5-2-6-12-21)19-33-25-27-26-23(18-29-14-7-8-15-29)30(25)17-20-9-3-1-4-10-20/h1-6,9-12H,7-8,13-19H2. The van der Waals surface area contributed by atoms with Crippen LogP contribution in [0.4, 0.5) is 0 Å². The molecule has 0 spiro atoms. The number of nitrogens with zero attached hydrogens (tertiary/aromatic N) is 6. The van der Waals surface area contributed by atoms with Gasteiger partial charge in [0.1, 0.15) is 5.82 Å². The molecule has 33 heavy (non-hydrogen) atoms. The fourth-order valence-corrected chi connectivity index (χ4v) is 5.11. The van der Waals surface area contributed by atoms with Gasteiger partial charge in [-0.25, -0.2) is 5.01 Å². The maximum atomic E-state index is 12.9. The molecule has 8 heteroatoms. The van der Waals surface area contributed by atoms with Gasteiger partial charge in [0, 0.05) is 6.42 Å². The average Bonchev–Trinajstić information content (AvgIpc) is 3.62. The van der Waals surface area contributed by atoms with Crippen LogP contribution >= 0.6 is 11.8 Å². The number of likely N-dealkylation sites (tertiary alicyclic amines) is 1. The number of aromatic nitrogens is 3. The van der Waals surface area contributed by atoms with Gasteiger partial charge >= 0.3 is 0 Å². The highest BCUT2D eigenvalue weighted by atomic mass is 32.2. The number of hydrogen-bond acceptors (Lipinski definition) is 6. The van der Waals surface area contributed by atoms with Crippen molar-refractivity contribution < 1.29 is 4.79 Å². The number of benzene rings is 2. The van der Waals surface area contributed by atoms with Crippen LogP contribution in [0.1, 0.15) is 36.2 Å². The lowest BCUT2D eigenvalue weighted by Gasteiger charge is -2.16. The molecule has 1 saturated heterocycles. The van der Waals surface area contributed by atoms with Crippen molar-refractivity contribution in [1.82, 2.24) is 24.7 Å². The average molecular weight is 461 g/mol. The first-order chi connectivity index (χ1) is 16.3. The third-order valence-corrected chi connectivity index (χ3v) is 7.01. The second-order valence-corrected chi connectivity index (χ2v) is 9.36. The smallest absolute Gasteiger partial charge is 0.253 e. The summed E-state index contributed by atoms with van der Waals surface area (Å²) in [5, 5.41) is 15.9. The van der Waals surface area contributed by atoms with E-state index in [1.807, 2.05) is 48.5 Å². The number of rotatable bonds is 8. The number of thioether (sulfide) groups is 1. The second-order valence-electron chi connectivity index (χ2n) is 8.42. The van der Waals surface area contributed by atoms with Crippen LogP contribution in [0, 0.1) is 0 Å². The summed E-state index contributed by atoms with van der Waals surface area (Å²) < 4.78 is 2.16. The van der Waals surface area contributed by atoms with Crippen LogP contribution in [0.5, 0.6) is 0 Å². The summed E-state index contributed by atoms with van der Waals surface area (Å²) in [7, 11) is 0. The summed E-state index contributed by atoms with van der Waals surface area (Å²) in [6, 6.07) is 20.4. The molecule has 1 fully saturated rings. The van der Waals surface area contributed by atoms with Crippen molar-refractivity contribution in [2.75, 3.05) is 25.4 Å². The van der Waals surface area contributed by atoms with E-state index in [9.17, 15) is 4.79 Å². The van der Waals surface area contributed by atoms with Crippen molar-refractivity contribution >= 4 is 23.4 Å². The SMILES string of the molecule is O=C(CSc1nnc(CN2CCCC2)n1Cc1ccccc1)N1CCC(c2ccccc2)=N1. The van der Waals surface area contributed by atoms with Crippen LogP contribution < -0.4 is 0 Å². The summed E-state index contributed by atoms with van der Waals surface area (Å²) in [5.74, 6) is 1.25. The monoisotopic (exact) mass is 460 g/mol. The summed E-state index contributed by atoms with van der Waals surface area (Å²) >= 11 is 1.45. The van der Waals surface area contributed by atoms with Gasteiger partial charge in [-0.05, 0) is 37.1 Å². The van der Waals surface area contributed by atoms with Gasteiger partial charge in [-0.2, -0.15) is 5.10 Å². The Bertz CT molecular complexity index is 1110. The van der Waals surface area contributed by atoms with Crippen molar-refractivity contribution in [2.45, 2.75) is 37.5 Å². The van der Waals surface area contributed by atoms with Crippen LogP contribution in [0.3, 0.4) is 0 Å². The summed E-state index contributed by atoms with van der Waals surface area (Å²) in [6.45, 7) is 4.34. The third kappa shape index (κ3) is 5.34. The van der Waals surface area contributed by atoms with Crippen LogP contribution in [0.15, 0.2) is 70.9 Å². The Kier molecular flexibility index (Phi) is 6.83. The van der Waals surface area contributed by atoms with Crippen LogP contribution in [-0.4, -0.2) is 61.7 Å². The molecule has 7 nitrogen and oxygen atoms in total. The third-order valence-electron chi connectivity index (χ3n) is 6.06. The molecule has 0 radical (unpaired) electrons. The van der Waals surface area contributed by atoms with E-state index >= 15 is 0 Å². The molecule has 170 valence electrons. The van der Waals surface area contributed by atoms with Gasteiger partial charge in [0.05, 0.1) is 31.1 Å². The van der Waals surface area contributed by atoms with E-state index in [1.54, 1.807) is 5.01 Å². The quantitative estimate of drug-likeness (QED) is 0.480. The Labute approximate surface area is 198 Å². The van der Waals surface area contributed by atoms with Crippen LogP contribution in [0.25, 0.3) is 0 Å². The highest BCUT2D eigenvalue weighted by molar-refractivity contribution is 7.99. The molecule has 2 aliphatic heterocycles. The summed E-state index contributed by atoms with van der Waals surface area (Å²) in [4.78, 5) is 15.3. The Morgan fingerprint density at radius 2 is 1.61 bits per heavy atom. The molecule has 2 aromatic carbocycles. The van der Waals surface area contributed by atoms with Gasteiger partial charge < -0.3 is 4.57 Å². The van der Waals surface area contributed by atoms with Crippen molar-refractivity contribution in [3.8, 4) is 0 Å². The molecular weight excluding hydrogens is 432 g/mol. The Morgan fingerprint density at radius 3 is 2.36 bits per heavy atom. The van der Waals surface area contributed by atoms with Crippen molar-refractivity contribution in [3.63, 3.8) is 0 Å². The number of carbonyl (C=O) groups is 1. The molecule has 1 amide bonds. The van der Waals surface area contributed by atoms with E-state index in [4.69, 9.17) is 0 Å². The highest BCUT2D eigenvalue weighted by Crippen LogP contribution is 2.22. The normalized spacial score (nSPS) is 16.4. The summed E-state index contributed by atoms with van der Waals surface area (Å²) in [6.07, 6.45) is 3.26. The predicted molar refractivity (Wildman–Crippen MR) is 130 cm³/mol. The number of hydrogen-bond donors (Lipinski definition) is 0. The predicted octanol–water partition coefficient (Wildman–Crippen LogP) is 3.65. The maximum Gasteiger partial charge on any atom is 0.253 e. The van der Waals surface area contributed by atoms with Crippen molar-refractivity contribution in [1.29, 1.82) is 0 Å². The van der Waals surface area contributed by atoms with Crippen LogP contribution in [-0.2, 0) is 17.9 Å². The largest absolute Gasteiger partial charge is 0.300 e. The fraction of sp³-hybridized carbons (Fsp3) is 0.360.